The largest absolute Gasteiger partial charge is 0.482 e. The van der Waals surface area contributed by atoms with Gasteiger partial charge in [-0.15, -0.1) is 0 Å². The number of halogens is 2. The van der Waals surface area contributed by atoms with Gasteiger partial charge in [-0.3, -0.25) is 9.59 Å². The van der Waals surface area contributed by atoms with Crippen molar-refractivity contribution in [1.82, 2.24) is 10.2 Å². The molecule has 156 valence electrons. The molecular weight excluding hydrogens is 456 g/mol. The second kappa shape index (κ2) is 11.8. The summed E-state index contributed by atoms with van der Waals surface area (Å²) in [6, 6.07) is 14.5. The average molecular weight is 482 g/mol. The molecule has 0 aromatic heterocycles. The molecule has 1 atom stereocenters. The maximum absolute atomic E-state index is 13.0. The van der Waals surface area contributed by atoms with Gasteiger partial charge in [0.25, 0.3) is 5.91 Å². The average Bonchev–Trinajstić information content (AvgIpc) is 2.71. The summed E-state index contributed by atoms with van der Waals surface area (Å²) in [7, 11) is 0. The second-order valence-corrected chi connectivity index (χ2v) is 7.83. The molecule has 29 heavy (non-hydrogen) atoms. The Morgan fingerprint density at radius 3 is 2.52 bits per heavy atom. The van der Waals surface area contributed by atoms with Crippen molar-refractivity contribution in [2.45, 2.75) is 32.7 Å². The molecule has 0 bridgehead atoms. The number of hydrogen-bond acceptors (Lipinski definition) is 3. The molecule has 2 rings (SSSR count). The first-order valence-corrected chi connectivity index (χ1v) is 10.8. The van der Waals surface area contributed by atoms with Crippen molar-refractivity contribution in [3.05, 3.63) is 63.6 Å². The van der Waals surface area contributed by atoms with Crippen LogP contribution in [0.15, 0.2) is 53.0 Å². The van der Waals surface area contributed by atoms with Crippen LogP contribution in [0.5, 0.6) is 5.75 Å². The maximum atomic E-state index is 13.0. The van der Waals surface area contributed by atoms with Gasteiger partial charge in [0.15, 0.2) is 6.61 Å². The van der Waals surface area contributed by atoms with Crippen LogP contribution in [0.2, 0.25) is 5.02 Å². The summed E-state index contributed by atoms with van der Waals surface area (Å²) in [4.78, 5) is 27.1. The van der Waals surface area contributed by atoms with E-state index < -0.39 is 6.04 Å². The highest BCUT2D eigenvalue weighted by Crippen LogP contribution is 2.27. The molecule has 2 aromatic carbocycles. The van der Waals surface area contributed by atoms with Crippen LogP contribution in [0.1, 0.15) is 25.8 Å². The molecule has 0 aliphatic rings. The third-order valence-corrected chi connectivity index (χ3v) is 5.25. The lowest BCUT2D eigenvalue weighted by Crippen LogP contribution is -2.51. The Bertz CT molecular complexity index is 817. The molecule has 0 saturated heterocycles. The number of nitrogens with one attached hydrogen (secondary N) is 1. The smallest absolute Gasteiger partial charge is 0.261 e. The van der Waals surface area contributed by atoms with Gasteiger partial charge >= 0.3 is 0 Å². The van der Waals surface area contributed by atoms with Gasteiger partial charge in [0.1, 0.15) is 11.8 Å². The molecule has 0 unspecified atom stereocenters. The van der Waals surface area contributed by atoms with Crippen molar-refractivity contribution < 1.29 is 14.3 Å². The summed E-state index contributed by atoms with van der Waals surface area (Å²) in [5.74, 6) is 0.0217. The minimum atomic E-state index is -0.546. The van der Waals surface area contributed by atoms with Crippen molar-refractivity contribution in [1.29, 1.82) is 0 Å². The lowest BCUT2D eigenvalue weighted by Gasteiger charge is -2.30. The summed E-state index contributed by atoms with van der Waals surface area (Å²) in [5.41, 5.74) is 1.10. The monoisotopic (exact) mass is 480 g/mol. The molecule has 0 aliphatic carbocycles. The summed E-state index contributed by atoms with van der Waals surface area (Å²) in [6.45, 7) is 4.51. The SMILES string of the molecule is CCNC(=O)[C@H](CC)N(CCc1ccccc1)C(=O)COc1ccc(Br)cc1Cl. The zero-order valence-electron chi connectivity index (χ0n) is 16.7. The van der Waals surface area contributed by atoms with Gasteiger partial charge in [-0.05, 0) is 43.5 Å². The van der Waals surface area contributed by atoms with Gasteiger partial charge < -0.3 is 15.0 Å². The van der Waals surface area contributed by atoms with E-state index >= 15 is 0 Å². The quantitative estimate of drug-likeness (QED) is 0.545. The number of hydrogen-bond donors (Lipinski definition) is 1. The van der Waals surface area contributed by atoms with Crippen LogP contribution in [-0.4, -0.2) is 42.5 Å². The van der Waals surface area contributed by atoms with Gasteiger partial charge in [-0.2, -0.15) is 0 Å². The molecular formula is C22H26BrClN2O3. The van der Waals surface area contributed by atoms with E-state index in [1.807, 2.05) is 44.2 Å². The summed E-state index contributed by atoms with van der Waals surface area (Å²) >= 11 is 9.51. The third kappa shape index (κ3) is 7.05. The van der Waals surface area contributed by atoms with Crippen molar-refractivity contribution in [2.24, 2.45) is 0 Å². The molecule has 0 fully saturated rings. The van der Waals surface area contributed by atoms with Crippen LogP contribution < -0.4 is 10.1 Å². The van der Waals surface area contributed by atoms with Crippen LogP contribution in [0.25, 0.3) is 0 Å². The van der Waals surface area contributed by atoms with E-state index in [-0.39, 0.29) is 18.4 Å². The zero-order valence-corrected chi connectivity index (χ0v) is 19.0. The first kappa shape index (κ1) is 23.2. The van der Waals surface area contributed by atoms with E-state index in [0.717, 1.165) is 10.0 Å². The fourth-order valence-electron chi connectivity index (χ4n) is 3.00. The van der Waals surface area contributed by atoms with Gasteiger partial charge in [-0.1, -0.05) is 64.8 Å². The van der Waals surface area contributed by atoms with Crippen LogP contribution in [0.3, 0.4) is 0 Å². The van der Waals surface area contributed by atoms with E-state index in [9.17, 15) is 9.59 Å². The molecule has 2 amide bonds. The Labute approximate surface area is 185 Å². The predicted molar refractivity (Wildman–Crippen MR) is 119 cm³/mol. The standard InChI is InChI=1S/C22H26BrClN2O3/c1-3-19(22(28)25-4-2)26(13-12-16-8-6-5-7-9-16)21(27)15-29-20-11-10-17(23)14-18(20)24/h5-11,14,19H,3-4,12-13,15H2,1-2H3,(H,25,28)/t19-/m0/s1. The normalized spacial score (nSPS) is 11.6. The molecule has 0 saturated carbocycles. The third-order valence-electron chi connectivity index (χ3n) is 4.47. The van der Waals surface area contributed by atoms with E-state index in [1.165, 1.54) is 0 Å². The lowest BCUT2D eigenvalue weighted by molar-refractivity contribution is -0.142. The van der Waals surface area contributed by atoms with Crippen LogP contribution in [-0.2, 0) is 16.0 Å². The minimum absolute atomic E-state index is 0.155. The molecule has 2 aromatic rings. The number of amides is 2. The first-order valence-electron chi connectivity index (χ1n) is 9.65. The van der Waals surface area contributed by atoms with Crippen molar-refractivity contribution in [2.75, 3.05) is 19.7 Å². The highest BCUT2D eigenvalue weighted by atomic mass is 79.9. The van der Waals surface area contributed by atoms with Crippen LogP contribution >= 0.6 is 27.5 Å². The molecule has 7 heteroatoms. The van der Waals surface area contributed by atoms with Crippen molar-refractivity contribution in [3.8, 4) is 5.75 Å². The Morgan fingerprint density at radius 1 is 1.17 bits per heavy atom. The summed E-state index contributed by atoms with van der Waals surface area (Å²) in [6.07, 6.45) is 1.17. The predicted octanol–water partition coefficient (Wildman–Crippen LogP) is 4.47. The highest BCUT2D eigenvalue weighted by Gasteiger charge is 2.28. The molecule has 0 heterocycles. The maximum Gasteiger partial charge on any atom is 0.261 e. The number of benzene rings is 2. The number of likely N-dealkylation sites (N-methyl/N-ethyl adjacent to an activating group) is 1. The molecule has 0 spiro atoms. The summed E-state index contributed by atoms with van der Waals surface area (Å²) < 4.78 is 6.47. The fourth-order valence-corrected chi connectivity index (χ4v) is 3.73. The topological polar surface area (TPSA) is 58.6 Å². The van der Waals surface area contributed by atoms with Crippen molar-refractivity contribution >= 4 is 39.3 Å². The number of nitrogens with zero attached hydrogens (tertiary/aromatic N) is 1. The van der Waals surface area contributed by atoms with E-state index in [1.54, 1.807) is 23.1 Å². The Morgan fingerprint density at radius 2 is 1.90 bits per heavy atom. The lowest BCUT2D eigenvalue weighted by atomic mass is 10.1. The number of rotatable bonds is 10. The Balaban J connectivity index is 2.12. The van der Waals surface area contributed by atoms with Crippen LogP contribution in [0.4, 0.5) is 0 Å². The fraction of sp³-hybridized carbons (Fsp3) is 0.364. The van der Waals surface area contributed by atoms with Gasteiger partial charge in [0, 0.05) is 17.6 Å². The zero-order chi connectivity index (χ0) is 21.2. The van der Waals surface area contributed by atoms with Gasteiger partial charge in [0.05, 0.1) is 5.02 Å². The molecule has 1 N–H and O–H groups in total. The number of carbonyl (C=O) groups is 2. The first-order chi connectivity index (χ1) is 14.0. The van der Waals surface area contributed by atoms with Gasteiger partial charge in [0.2, 0.25) is 5.91 Å². The molecule has 0 radical (unpaired) electrons. The molecule has 0 aliphatic heterocycles. The van der Waals surface area contributed by atoms with E-state index in [0.29, 0.717) is 36.7 Å². The highest BCUT2D eigenvalue weighted by molar-refractivity contribution is 9.10. The molecule has 5 nitrogen and oxygen atoms in total. The van der Waals surface area contributed by atoms with Gasteiger partial charge in [-0.25, -0.2) is 0 Å². The summed E-state index contributed by atoms with van der Waals surface area (Å²) in [5, 5.41) is 3.23. The number of ether oxygens (including phenoxy) is 1. The van der Waals surface area contributed by atoms with Crippen LogP contribution in [0, 0.1) is 0 Å². The van der Waals surface area contributed by atoms with E-state index in [4.69, 9.17) is 16.3 Å². The number of carbonyl (C=O) groups excluding carboxylic acids is 2. The van der Waals surface area contributed by atoms with Crippen molar-refractivity contribution in [3.63, 3.8) is 0 Å². The Kier molecular flexibility index (Phi) is 9.48. The Hall–Kier alpha value is -2.05. The second-order valence-electron chi connectivity index (χ2n) is 6.50. The minimum Gasteiger partial charge on any atom is -0.482 e. The van der Waals surface area contributed by atoms with E-state index in [2.05, 4.69) is 21.2 Å².